The van der Waals surface area contributed by atoms with E-state index in [4.69, 9.17) is 5.26 Å². The van der Waals surface area contributed by atoms with E-state index in [9.17, 15) is 0 Å². The van der Waals surface area contributed by atoms with E-state index in [1.54, 1.807) is 18.3 Å². The highest BCUT2D eigenvalue weighted by Crippen LogP contribution is 2.04. The van der Waals surface area contributed by atoms with Gasteiger partial charge in [-0.3, -0.25) is 0 Å². The average molecular weight is 191 g/mol. The molecule has 0 unspecified atom stereocenters. The molecule has 1 rings (SSSR count). The van der Waals surface area contributed by atoms with Gasteiger partial charge in [-0.2, -0.15) is 5.26 Å². The van der Waals surface area contributed by atoms with Gasteiger partial charge in [-0.1, -0.05) is 13.8 Å². The Bertz CT molecular complexity index is 282. The van der Waals surface area contributed by atoms with Crippen molar-refractivity contribution in [2.45, 2.75) is 33.7 Å². The maximum atomic E-state index is 8.50. The molecule has 1 aromatic rings. The van der Waals surface area contributed by atoms with Crippen LogP contribution in [0.3, 0.4) is 0 Å². The minimum Gasteiger partial charge on any atom is -0.368 e. The molecule has 0 atom stereocenters. The number of aromatic nitrogens is 1. The first-order valence-electron chi connectivity index (χ1n) is 4.85. The van der Waals surface area contributed by atoms with Gasteiger partial charge in [-0.05, 0) is 26.0 Å². The Balaban J connectivity index is 0.000000791. The van der Waals surface area contributed by atoms with Crippen molar-refractivity contribution < 1.29 is 0 Å². The summed E-state index contributed by atoms with van der Waals surface area (Å²) in [5, 5.41) is 11.6. The lowest BCUT2D eigenvalue weighted by Gasteiger charge is -2.07. The van der Waals surface area contributed by atoms with E-state index in [0.717, 1.165) is 5.82 Å². The molecule has 0 aromatic carbocycles. The first-order chi connectivity index (χ1) is 6.72. The molecule has 0 aliphatic heterocycles. The second-order valence-corrected chi connectivity index (χ2v) is 2.84. The predicted octanol–water partition coefficient (Wildman–Crippen LogP) is 2.80. The Morgan fingerprint density at radius 1 is 1.36 bits per heavy atom. The summed E-state index contributed by atoms with van der Waals surface area (Å²) in [6.07, 6.45) is 1.56. The van der Waals surface area contributed by atoms with Gasteiger partial charge in [0.15, 0.2) is 0 Å². The third-order valence-corrected chi connectivity index (χ3v) is 1.33. The highest BCUT2D eigenvalue weighted by atomic mass is 15.0. The molecule has 3 nitrogen and oxygen atoms in total. The van der Waals surface area contributed by atoms with Crippen LogP contribution in [0, 0.1) is 11.3 Å². The van der Waals surface area contributed by atoms with Gasteiger partial charge in [0.1, 0.15) is 11.9 Å². The van der Waals surface area contributed by atoms with E-state index in [0.29, 0.717) is 11.6 Å². The number of anilines is 1. The first kappa shape index (κ1) is 12.4. The molecule has 0 aliphatic carbocycles. The molecule has 3 heteroatoms. The lowest BCUT2D eigenvalue weighted by atomic mass is 10.3. The molecule has 76 valence electrons. The molecular formula is C11H17N3. The van der Waals surface area contributed by atoms with Gasteiger partial charge < -0.3 is 5.32 Å². The summed E-state index contributed by atoms with van der Waals surface area (Å²) in [5.41, 5.74) is 0.587. The molecule has 1 N–H and O–H groups in total. The molecule has 0 aliphatic rings. The number of pyridine rings is 1. The molecule has 0 saturated carbocycles. The van der Waals surface area contributed by atoms with Gasteiger partial charge in [0.05, 0.1) is 5.56 Å². The summed E-state index contributed by atoms with van der Waals surface area (Å²) in [7, 11) is 0. The van der Waals surface area contributed by atoms with Gasteiger partial charge in [-0.25, -0.2) is 4.98 Å². The molecule has 0 spiro atoms. The van der Waals surface area contributed by atoms with E-state index < -0.39 is 0 Å². The van der Waals surface area contributed by atoms with Crippen molar-refractivity contribution in [3.05, 3.63) is 23.9 Å². The van der Waals surface area contributed by atoms with Crippen molar-refractivity contribution in [2.75, 3.05) is 5.32 Å². The summed E-state index contributed by atoms with van der Waals surface area (Å²) >= 11 is 0. The molecule has 0 fully saturated rings. The average Bonchev–Trinajstić information content (AvgIpc) is 2.21. The Kier molecular flexibility index (Phi) is 6.13. The summed E-state index contributed by atoms with van der Waals surface area (Å²) in [5.74, 6) is 0.809. The summed E-state index contributed by atoms with van der Waals surface area (Å²) in [6.45, 7) is 8.08. The smallest absolute Gasteiger partial charge is 0.126 e. The Labute approximate surface area is 85.8 Å². The van der Waals surface area contributed by atoms with Gasteiger partial charge >= 0.3 is 0 Å². The lowest BCUT2D eigenvalue weighted by Crippen LogP contribution is -2.10. The summed E-state index contributed by atoms with van der Waals surface area (Å²) in [6, 6.07) is 5.94. The largest absolute Gasteiger partial charge is 0.368 e. The van der Waals surface area contributed by atoms with Crippen molar-refractivity contribution in [1.82, 2.24) is 4.98 Å². The zero-order valence-electron chi connectivity index (χ0n) is 9.20. The highest BCUT2D eigenvalue weighted by molar-refractivity contribution is 5.39. The molecule has 1 aromatic heterocycles. The summed E-state index contributed by atoms with van der Waals surface area (Å²) in [4.78, 5) is 4.06. The quantitative estimate of drug-likeness (QED) is 0.782. The van der Waals surface area contributed by atoms with Crippen LogP contribution in [0.4, 0.5) is 5.82 Å². The van der Waals surface area contributed by atoms with Crippen LogP contribution in [0.25, 0.3) is 0 Å². The van der Waals surface area contributed by atoms with Crippen LogP contribution in [0.15, 0.2) is 18.3 Å². The SMILES string of the molecule is CC.CC(C)Nc1ccc(C#N)cn1. The number of nitriles is 1. The van der Waals surface area contributed by atoms with Crippen LogP contribution >= 0.6 is 0 Å². The monoisotopic (exact) mass is 191 g/mol. The zero-order chi connectivity index (χ0) is 11.0. The fourth-order valence-electron chi connectivity index (χ4n) is 0.841. The highest BCUT2D eigenvalue weighted by Gasteiger charge is 1.95. The lowest BCUT2D eigenvalue weighted by molar-refractivity contribution is 0.889. The third-order valence-electron chi connectivity index (χ3n) is 1.33. The Hall–Kier alpha value is -1.56. The van der Waals surface area contributed by atoms with Crippen molar-refractivity contribution in [1.29, 1.82) is 5.26 Å². The van der Waals surface area contributed by atoms with E-state index in [1.165, 1.54) is 0 Å². The topological polar surface area (TPSA) is 48.7 Å². The van der Waals surface area contributed by atoms with Crippen LogP contribution < -0.4 is 5.32 Å². The standard InChI is InChI=1S/C9H11N3.C2H6/c1-7(2)12-9-4-3-8(5-10)6-11-9;1-2/h3-4,6-7H,1-2H3,(H,11,12);1-2H3. The van der Waals surface area contributed by atoms with Crippen LogP contribution in [0.5, 0.6) is 0 Å². The fourth-order valence-corrected chi connectivity index (χ4v) is 0.841. The van der Waals surface area contributed by atoms with Gasteiger partial charge in [0.25, 0.3) is 0 Å². The Morgan fingerprint density at radius 2 is 2.00 bits per heavy atom. The Morgan fingerprint density at radius 3 is 2.36 bits per heavy atom. The predicted molar refractivity (Wildman–Crippen MR) is 59.1 cm³/mol. The minimum atomic E-state index is 0.366. The van der Waals surface area contributed by atoms with E-state index in [1.807, 2.05) is 33.8 Å². The summed E-state index contributed by atoms with van der Waals surface area (Å²) < 4.78 is 0. The molecule has 0 amide bonds. The van der Waals surface area contributed by atoms with Crippen molar-refractivity contribution in [3.8, 4) is 6.07 Å². The van der Waals surface area contributed by atoms with Crippen molar-refractivity contribution in [3.63, 3.8) is 0 Å². The van der Waals surface area contributed by atoms with E-state index in [2.05, 4.69) is 10.3 Å². The number of rotatable bonds is 2. The van der Waals surface area contributed by atoms with E-state index in [-0.39, 0.29) is 0 Å². The molecule has 1 heterocycles. The maximum Gasteiger partial charge on any atom is 0.126 e. The van der Waals surface area contributed by atoms with Crippen LogP contribution in [-0.4, -0.2) is 11.0 Å². The normalized spacial score (nSPS) is 8.57. The molecule has 14 heavy (non-hydrogen) atoms. The second kappa shape index (κ2) is 6.90. The number of hydrogen-bond acceptors (Lipinski definition) is 3. The fraction of sp³-hybridized carbons (Fsp3) is 0.455. The third kappa shape index (κ3) is 4.46. The van der Waals surface area contributed by atoms with Gasteiger partial charge in [-0.15, -0.1) is 0 Å². The van der Waals surface area contributed by atoms with Gasteiger partial charge in [0, 0.05) is 12.2 Å². The number of nitrogens with zero attached hydrogens (tertiary/aromatic N) is 2. The van der Waals surface area contributed by atoms with Crippen molar-refractivity contribution in [2.24, 2.45) is 0 Å². The van der Waals surface area contributed by atoms with Crippen LogP contribution in [0.1, 0.15) is 33.3 Å². The molecular weight excluding hydrogens is 174 g/mol. The molecule has 0 radical (unpaired) electrons. The number of nitrogens with one attached hydrogen (secondary N) is 1. The van der Waals surface area contributed by atoms with Crippen molar-refractivity contribution >= 4 is 5.82 Å². The molecule has 0 saturated heterocycles. The van der Waals surface area contributed by atoms with Crippen LogP contribution in [0.2, 0.25) is 0 Å². The maximum absolute atomic E-state index is 8.50. The second-order valence-electron chi connectivity index (χ2n) is 2.84. The van der Waals surface area contributed by atoms with Gasteiger partial charge in [0.2, 0.25) is 0 Å². The van der Waals surface area contributed by atoms with Crippen LogP contribution in [-0.2, 0) is 0 Å². The first-order valence-corrected chi connectivity index (χ1v) is 4.85. The zero-order valence-corrected chi connectivity index (χ0v) is 9.20. The minimum absolute atomic E-state index is 0.366. The number of hydrogen-bond donors (Lipinski definition) is 1. The molecule has 0 bridgehead atoms. The van der Waals surface area contributed by atoms with E-state index >= 15 is 0 Å².